The first-order valence-corrected chi connectivity index (χ1v) is 13.5. The van der Waals surface area contributed by atoms with Gasteiger partial charge in [-0.25, -0.2) is 0 Å². The van der Waals surface area contributed by atoms with Crippen molar-refractivity contribution in [3.8, 4) is 11.5 Å². The summed E-state index contributed by atoms with van der Waals surface area (Å²) < 4.78 is 23.3. The van der Waals surface area contributed by atoms with Crippen LogP contribution in [0.2, 0.25) is 0 Å². The number of carbonyl (C=O) groups is 3. The second kappa shape index (κ2) is 11.6. The number of amides is 3. The molecule has 192 valence electrons. The van der Waals surface area contributed by atoms with Gasteiger partial charge in [0.15, 0.2) is 11.5 Å². The third kappa shape index (κ3) is 6.42. The number of fused-ring (bicyclic) bond motifs is 1. The number of aryl methyl sites for hydroxylation is 1. The van der Waals surface area contributed by atoms with Crippen molar-refractivity contribution in [3.63, 3.8) is 0 Å². The second-order valence-corrected chi connectivity index (χ2v) is 10.6. The largest absolute Gasteiger partial charge is 0.454 e. The molecule has 3 amide bonds. The Hall–Kier alpha value is -3.40. The number of rotatable bonds is 9. The molecule has 2 atom stereocenters. The van der Waals surface area contributed by atoms with Crippen LogP contribution in [0.5, 0.6) is 11.5 Å². The molecule has 10 heteroatoms. The third-order valence-electron chi connectivity index (χ3n) is 6.25. The zero-order valence-corrected chi connectivity index (χ0v) is 21.3. The lowest BCUT2D eigenvalue weighted by Crippen LogP contribution is -2.51. The molecule has 2 aromatic rings. The highest BCUT2D eigenvalue weighted by atomic mass is 32.2. The number of hydrogen-bond acceptors (Lipinski definition) is 6. The molecule has 1 aliphatic carbocycles. The van der Waals surface area contributed by atoms with E-state index in [2.05, 4.69) is 10.6 Å². The molecule has 2 aliphatic rings. The predicted octanol–water partition coefficient (Wildman–Crippen LogP) is 2.89. The summed E-state index contributed by atoms with van der Waals surface area (Å²) in [5.74, 6) is -0.859. The maximum Gasteiger partial charge on any atom is 0.243 e. The van der Waals surface area contributed by atoms with Crippen molar-refractivity contribution in [2.24, 2.45) is 0 Å². The van der Waals surface area contributed by atoms with Crippen LogP contribution >= 0.6 is 0 Å². The fourth-order valence-corrected chi connectivity index (χ4v) is 5.33. The summed E-state index contributed by atoms with van der Waals surface area (Å²) in [6, 6.07) is 11.5. The number of anilines is 2. The van der Waals surface area contributed by atoms with Crippen molar-refractivity contribution in [2.75, 3.05) is 28.5 Å². The van der Waals surface area contributed by atoms with Crippen molar-refractivity contribution in [1.82, 2.24) is 5.32 Å². The average molecular weight is 514 g/mol. The van der Waals surface area contributed by atoms with Gasteiger partial charge >= 0.3 is 0 Å². The molecular weight excluding hydrogens is 482 g/mol. The Morgan fingerprint density at radius 1 is 1.06 bits per heavy atom. The van der Waals surface area contributed by atoms with Gasteiger partial charge in [-0.05, 0) is 56.5 Å². The summed E-state index contributed by atoms with van der Waals surface area (Å²) in [6.45, 7) is 3.68. The quantitative estimate of drug-likeness (QED) is 0.533. The molecule has 1 fully saturated rings. The number of ether oxygens (including phenoxy) is 2. The highest BCUT2D eigenvalue weighted by Gasteiger charge is 2.30. The predicted molar refractivity (Wildman–Crippen MR) is 138 cm³/mol. The average Bonchev–Trinajstić information content (AvgIpc) is 3.50. The van der Waals surface area contributed by atoms with Crippen molar-refractivity contribution in [2.45, 2.75) is 51.6 Å². The maximum atomic E-state index is 13.3. The second-order valence-electron chi connectivity index (χ2n) is 9.11. The molecule has 1 aliphatic heterocycles. The molecular formula is C26H31N3O6S. The Balaban J connectivity index is 1.40. The van der Waals surface area contributed by atoms with Crippen LogP contribution in [0.1, 0.15) is 38.2 Å². The van der Waals surface area contributed by atoms with Gasteiger partial charge in [-0.3, -0.25) is 23.5 Å². The summed E-state index contributed by atoms with van der Waals surface area (Å²) in [5.41, 5.74) is 1.96. The van der Waals surface area contributed by atoms with Gasteiger partial charge in [0.05, 0.1) is 0 Å². The molecule has 0 saturated heterocycles. The molecule has 0 spiro atoms. The Labute approximate surface area is 213 Å². The lowest BCUT2D eigenvalue weighted by Gasteiger charge is -2.29. The van der Waals surface area contributed by atoms with Crippen LogP contribution in [0.15, 0.2) is 42.5 Å². The number of nitrogens with one attached hydrogen (secondary N) is 2. The standard InChI is InChI=1S/C26H31N3O6S/c1-17-6-5-9-21(12-17)29(18(2)26(32)28-19-7-3-4-8-19)25(31)15-36(33)14-24(30)27-20-10-11-22-23(13-20)35-16-34-22/h5-6,9-13,18-19H,3-4,7-8,14-16H2,1-2H3,(H,27,30)(H,28,32)/t18-,36+/m0/s1. The number of carbonyl (C=O) groups excluding carboxylic acids is 3. The van der Waals surface area contributed by atoms with Gasteiger partial charge in [0, 0.05) is 34.3 Å². The van der Waals surface area contributed by atoms with Crippen LogP contribution in [0.4, 0.5) is 11.4 Å². The molecule has 1 heterocycles. The zero-order valence-electron chi connectivity index (χ0n) is 20.5. The third-order valence-corrected chi connectivity index (χ3v) is 7.40. The normalized spacial score (nSPS) is 16.3. The highest BCUT2D eigenvalue weighted by Crippen LogP contribution is 2.34. The molecule has 0 unspecified atom stereocenters. The summed E-state index contributed by atoms with van der Waals surface area (Å²) in [7, 11) is -1.78. The summed E-state index contributed by atoms with van der Waals surface area (Å²) in [6.07, 6.45) is 4.01. The summed E-state index contributed by atoms with van der Waals surface area (Å²) in [4.78, 5) is 40.1. The van der Waals surface area contributed by atoms with E-state index in [1.54, 1.807) is 31.2 Å². The molecule has 2 aromatic carbocycles. The van der Waals surface area contributed by atoms with Gasteiger partial charge in [-0.15, -0.1) is 0 Å². The molecule has 0 aromatic heterocycles. The number of hydrogen-bond donors (Lipinski definition) is 2. The summed E-state index contributed by atoms with van der Waals surface area (Å²) in [5, 5.41) is 5.71. The van der Waals surface area contributed by atoms with Crippen molar-refractivity contribution in [3.05, 3.63) is 48.0 Å². The van der Waals surface area contributed by atoms with Crippen molar-refractivity contribution in [1.29, 1.82) is 0 Å². The van der Waals surface area contributed by atoms with Gasteiger partial charge in [-0.1, -0.05) is 25.0 Å². The minimum Gasteiger partial charge on any atom is -0.454 e. The minimum absolute atomic E-state index is 0.114. The summed E-state index contributed by atoms with van der Waals surface area (Å²) >= 11 is 0. The van der Waals surface area contributed by atoms with Crippen LogP contribution in [0.25, 0.3) is 0 Å². The van der Waals surface area contributed by atoms with Crippen LogP contribution < -0.4 is 25.0 Å². The molecule has 9 nitrogen and oxygen atoms in total. The van der Waals surface area contributed by atoms with Gasteiger partial charge < -0.3 is 20.1 Å². The van der Waals surface area contributed by atoms with Crippen LogP contribution in [0, 0.1) is 6.92 Å². The Bertz CT molecular complexity index is 1160. The van der Waals surface area contributed by atoms with E-state index in [4.69, 9.17) is 9.47 Å². The first-order valence-electron chi connectivity index (χ1n) is 12.0. The van der Waals surface area contributed by atoms with Gasteiger partial charge in [0.1, 0.15) is 17.5 Å². The zero-order chi connectivity index (χ0) is 25.7. The molecule has 4 rings (SSSR count). The molecule has 0 bridgehead atoms. The smallest absolute Gasteiger partial charge is 0.243 e. The van der Waals surface area contributed by atoms with E-state index >= 15 is 0 Å². The van der Waals surface area contributed by atoms with Crippen LogP contribution in [-0.4, -0.2) is 52.3 Å². The van der Waals surface area contributed by atoms with Crippen molar-refractivity contribution < 1.29 is 28.1 Å². The fraction of sp³-hybridized carbons (Fsp3) is 0.423. The minimum atomic E-state index is -1.78. The van der Waals surface area contributed by atoms with Crippen molar-refractivity contribution >= 4 is 39.9 Å². The lowest BCUT2D eigenvalue weighted by atomic mass is 10.1. The fourth-order valence-electron chi connectivity index (χ4n) is 4.45. The van der Waals surface area contributed by atoms with Crippen LogP contribution in [0.3, 0.4) is 0 Å². The molecule has 2 N–H and O–H groups in total. The van der Waals surface area contributed by atoms with Gasteiger partial charge in [0.25, 0.3) is 0 Å². The molecule has 36 heavy (non-hydrogen) atoms. The van der Waals surface area contributed by atoms with Gasteiger partial charge in [-0.2, -0.15) is 0 Å². The van der Waals surface area contributed by atoms with E-state index in [0.717, 1.165) is 31.2 Å². The SMILES string of the molecule is Cc1cccc(N(C(=O)C[S@](=O)CC(=O)Nc2ccc3c(c2)OCO3)[C@@H](C)C(=O)NC2CCCC2)c1. The van der Waals surface area contributed by atoms with E-state index in [9.17, 15) is 18.6 Å². The van der Waals surface area contributed by atoms with E-state index in [1.807, 2.05) is 25.1 Å². The monoisotopic (exact) mass is 513 g/mol. The lowest BCUT2D eigenvalue weighted by molar-refractivity contribution is -0.125. The van der Waals surface area contributed by atoms with Crippen LogP contribution in [-0.2, 0) is 25.2 Å². The number of nitrogens with zero attached hydrogens (tertiary/aromatic N) is 1. The first-order chi connectivity index (χ1) is 17.3. The molecule has 1 saturated carbocycles. The first kappa shape index (κ1) is 25.7. The van der Waals surface area contributed by atoms with E-state index in [1.165, 1.54) is 4.90 Å². The Kier molecular flexibility index (Phi) is 8.25. The number of benzene rings is 2. The molecule has 0 radical (unpaired) electrons. The van der Waals surface area contributed by atoms with Gasteiger partial charge in [0.2, 0.25) is 24.5 Å². The van der Waals surface area contributed by atoms with E-state index in [-0.39, 0.29) is 30.2 Å². The highest BCUT2D eigenvalue weighted by molar-refractivity contribution is 7.86. The van der Waals surface area contributed by atoms with E-state index in [0.29, 0.717) is 22.9 Å². The van der Waals surface area contributed by atoms with E-state index < -0.39 is 28.7 Å². The Morgan fingerprint density at radius 2 is 1.81 bits per heavy atom. The Morgan fingerprint density at radius 3 is 2.56 bits per heavy atom. The maximum absolute atomic E-state index is 13.3. The topological polar surface area (TPSA) is 114 Å².